The molecule has 12 heteroatoms. The Kier molecular flexibility index (Phi) is 10.6. The first-order valence-electron chi connectivity index (χ1n) is 11.9. The Bertz CT molecular complexity index is 1140. The molecule has 0 unspecified atom stereocenters. The quantitative estimate of drug-likeness (QED) is 0.144. The zero-order valence-electron chi connectivity index (χ0n) is 20.5. The smallest absolute Gasteiger partial charge is 0.434 e. The van der Waals surface area contributed by atoms with E-state index in [1.807, 2.05) is 44.2 Å². The molecule has 1 aromatic carbocycles. The number of benzene rings is 1. The number of anilines is 1. The molecule has 194 valence electrons. The predicted molar refractivity (Wildman–Crippen MR) is 135 cm³/mol. The van der Waals surface area contributed by atoms with E-state index in [-0.39, 0.29) is 25.0 Å². The van der Waals surface area contributed by atoms with E-state index in [1.54, 1.807) is 4.57 Å². The second kappa shape index (κ2) is 14.1. The highest BCUT2D eigenvalue weighted by molar-refractivity contribution is 7.99. The third-order valence-electron chi connectivity index (χ3n) is 4.89. The van der Waals surface area contributed by atoms with Crippen LogP contribution in [0.2, 0.25) is 0 Å². The zero-order valence-corrected chi connectivity index (χ0v) is 21.3. The molecule has 0 bridgehead atoms. The first kappa shape index (κ1) is 27.1. The van der Waals surface area contributed by atoms with Crippen molar-refractivity contribution in [1.29, 1.82) is 0 Å². The number of imidazole rings is 1. The molecule has 2 aromatic heterocycles. The van der Waals surface area contributed by atoms with Crippen LogP contribution in [0, 0.1) is 0 Å². The number of fused-ring (bicyclic) bond motifs is 1. The van der Waals surface area contributed by atoms with E-state index in [0.29, 0.717) is 35.2 Å². The van der Waals surface area contributed by atoms with Crippen LogP contribution in [-0.2, 0) is 20.8 Å². The minimum atomic E-state index is -0.850. The van der Waals surface area contributed by atoms with E-state index in [2.05, 4.69) is 15.0 Å². The van der Waals surface area contributed by atoms with Gasteiger partial charge in [-0.25, -0.2) is 19.6 Å². The number of aromatic nitrogens is 4. The van der Waals surface area contributed by atoms with Crippen molar-refractivity contribution in [2.45, 2.75) is 51.2 Å². The average Bonchev–Trinajstić information content (AvgIpc) is 3.20. The van der Waals surface area contributed by atoms with Gasteiger partial charge in [-0.05, 0) is 18.4 Å². The molecular formula is C24H31N5O6S. The van der Waals surface area contributed by atoms with Crippen molar-refractivity contribution in [2.24, 2.45) is 0 Å². The number of rotatable bonds is 13. The molecule has 0 aliphatic carbocycles. The number of hydrogen-bond acceptors (Lipinski definition) is 11. The number of carbonyl (C=O) groups excluding carboxylic acids is 2. The molecule has 0 aliphatic heterocycles. The maximum absolute atomic E-state index is 12.2. The second-order valence-electron chi connectivity index (χ2n) is 7.73. The van der Waals surface area contributed by atoms with E-state index in [4.69, 9.17) is 24.7 Å². The van der Waals surface area contributed by atoms with Gasteiger partial charge in [0.25, 0.3) is 0 Å². The molecule has 0 aliphatic rings. The minimum absolute atomic E-state index is 0.0108. The van der Waals surface area contributed by atoms with Gasteiger partial charge >= 0.3 is 18.3 Å². The van der Waals surface area contributed by atoms with Crippen LogP contribution < -0.4 is 10.5 Å². The molecule has 2 heterocycles. The fourth-order valence-electron chi connectivity index (χ4n) is 3.04. The summed E-state index contributed by atoms with van der Waals surface area (Å²) in [5, 5.41) is 0.370. The van der Waals surface area contributed by atoms with Crippen LogP contribution in [0.3, 0.4) is 0 Å². The van der Waals surface area contributed by atoms with Gasteiger partial charge in [0, 0.05) is 5.75 Å². The van der Waals surface area contributed by atoms with Gasteiger partial charge in [-0.2, -0.15) is 4.98 Å². The summed E-state index contributed by atoms with van der Waals surface area (Å²) in [6.07, 6.45) is 1.78. The summed E-state index contributed by atoms with van der Waals surface area (Å²) < 4.78 is 22.2. The van der Waals surface area contributed by atoms with Crippen molar-refractivity contribution in [2.75, 3.05) is 31.3 Å². The molecule has 36 heavy (non-hydrogen) atoms. The van der Waals surface area contributed by atoms with E-state index in [0.717, 1.165) is 31.2 Å². The lowest BCUT2D eigenvalue weighted by Crippen LogP contribution is -2.15. The zero-order chi connectivity index (χ0) is 25.8. The standard InChI is InChI=1S/C24H31N5O6S/c1-3-5-12-32-23(30)34-14-15-36-21-27-19(25)18-20(28-21)29(16-17-10-8-7-9-11-17)22(26-18)35-24(31)33-13-6-4-2/h7-11H,3-6,12-16H2,1-2H3,(H2,25,27,28). The predicted octanol–water partition coefficient (Wildman–Crippen LogP) is 4.82. The van der Waals surface area contributed by atoms with Gasteiger partial charge in [-0.15, -0.1) is 0 Å². The van der Waals surface area contributed by atoms with Gasteiger partial charge in [0.05, 0.1) is 19.8 Å². The lowest BCUT2D eigenvalue weighted by molar-refractivity contribution is 0.0589. The Morgan fingerprint density at radius 2 is 1.58 bits per heavy atom. The van der Waals surface area contributed by atoms with E-state index in [1.165, 1.54) is 11.8 Å². The SMILES string of the molecule is CCCCOC(=O)OCCSc1nc(N)c2nc(OC(=O)OCCCC)n(Cc3ccccc3)c2n1. The third-order valence-corrected chi connectivity index (χ3v) is 5.71. The van der Waals surface area contributed by atoms with Crippen LogP contribution in [0.5, 0.6) is 6.01 Å². The monoisotopic (exact) mass is 517 g/mol. The highest BCUT2D eigenvalue weighted by Gasteiger charge is 2.21. The molecule has 2 N–H and O–H groups in total. The maximum atomic E-state index is 12.2. The Balaban J connectivity index is 1.76. The van der Waals surface area contributed by atoms with Gasteiger partial charge in [0.1, 0.15) is 6.61 Å². The lowest BCUT2D eigenvalue weighted by Gasteiger charge is -2.09. The summed E-state index contributed by atoms with van der Waals surface area (Å²) in [4.78, 5) is 37.0. The summed E-state index contributed by atoms with van der Waals surface area (Å²) in [6.45, 7) is 5.05. The average molecular weight is 518 g/mol. The normalized spacial score (nSPS) is 10.8. The lowest BCUT2D eigenvalue weighted by atomic mass is 10.2. The molecule has 0 spiro atoms. The third kappa shape index (κ3) is 8.01. The van der Waals surface area contributed by atoms with E-state index >= 15 is 0 Å². The molecular weight excluding hydrogens is 486 g/mol. The van der Waals surface area contributed by atoms with Gasteiger partial charge in [0.15, 0.2) is 22.1 Å². The fourth-order valence-corrected chi connectivity index (χ4v) is 3.70. The fraction of sp³-hybridized carbons (Fsp3) is 0.458. The molecule has 0 radical (unpaired) electrons. The Labute approximate surface area is 213 Å². The number of unbranched alkanes of at least 4 members (excludes halogenated alkanes) is 2. The maximum Gasteiger partial charge on any atom is 0.516 e. The van der Waals surface area contributed by atoms with Gasteiger partial charge in [-0.1, -0.05) is 68.8 Å². The Hall–Kier alpha value is -3.54. The number of hydrogen-bond donors (Lipinski definition) is 1. The summed E-state index contributed by atoms with van der Waals surface area (Å²) in [5.41, 5.74) is 7.83. The molecule has 3 rings (SSSR count). The van der Waals surface area contributed by atoms with Crippen molar-refractivity contribution in [3.8, 4) is 6.01 Å². The van der Waals surface area contributed by atoms with Gasteiger partial charge in [-0.3, -0.25) is 4.57 Å². The summed E-state index contributed by atoms with van der Waals surface area (Å²) in [5.74, 6) is 0.534. The van der Waals surface area contributed by atoms with Crippen molar-refractivity contribution in [3.05, 3.63) is 35.9 Å². The van der Waals surface area contributed by atoms with Crippen LogP contribution in [0.25, 0.3) is 11.2 Å². The Morgan fingerprint density at radius 3 is 2.28 bits per heavy atom. The van der Waals surface area contributed by atoms with Gasteiger partial charge < -0.3 is 24.7 Å². The Morgan fingerprint density at radius 1 is 0.917 bits per heavy atom. The number of ether oxygens (including phenoxy) is 4. The van der Waals surface area contributed by atoms with Crippen LogP contribution >= 0.6 is 11.8 Å². The topological polar surface area (TPSA) is 141 Å². The van der Waals surface area contributed by atoms with Crippen molar-refractivity contribution >= 4 is 41.1 Å². The minimum Gasteiger partial charge on any atom is -0.434 e. The number of nitrogens with two attached hydrogens (primary N) is 1. The highest BCUT2D eigenvalue weighted by Crippen LogP contribution is 2.27. The highest BCUT2D eigenvalue weighted by atomic mass is 32.2. The van der Waals surface area contributed by atoms with Crippen molar-refractivity contribution < 1.29 is 28.5 Å². The van der Waals surface area contributed by atoms with Crippen molar-refractivity contribution in [1.82, 2.24) is 19.5 Å². The molecule has 11 nitrogen and oxygen atoms in total. The number of thioether (sulfide) groups is 1. The van der Waals surface area contributed by atoms with Crippen LogP contribution in [0.4, 0.5) is 15.4 Å². The summed E-state index contributed by atoms with van der Waals surface area (Å²) >= 11 is 1.26. The molecule has 0 fully saturated rings. The number of nitrogen functional groups attached to an aromatic ring is 1. The second-order valence-corrected chi connectivity index (χ2v) is 8.79. The number of nitrogens with zero attached hydrogens (tertiary/aromatic N) is 4. The van der Waals surface area contributed by atoms with Crippen molar-refractivity contribution in [3.63, 3.8) is 0 Å². The van der Waals surface area contributed by atoms with Gasteiger partial charge in [0.2, 0.25) is 0 Å². The first-order chi connectivity index (χ1) is 17.5. The van der Waals surface area contributed by atoms with E-state index in [9.17, 15) is 9.59 Å². The molecule has 0 saturated heterocycles. The van der Waals surface area contributed by atoms with Crippen LogP contribution in [0.1, 0.15) is 45.1 Å². The summed E-state index contributed by atoms with van der Waals surface area (Å²) in [7, 11) is 0. The van der Waals surface area contributed by atoms with E-state index < -0.39 is 12.3 Å². The largest absolute Gasteiger partial charge is 0.516 e. The van der Waals surface area contributed by atoms with Crippen LogP contribution in [0.15, 0.2) is 35.5 Å². The molecule has 0 amide bonds. The first-order valence-corrected chi connectivity index (χ1v) is 12.8. The van der Waals surface area contributed by atoms with Crippen LogP contribution in [-0.4, -0.2) is 57.4 Å². The molecule has 3 aromatic rings. The number of carbonyl (C=O) groups is 2. The molecule has 0 atom stereocenters. The summed E-state index contributed by atoms with van der Waals surface area (Å²) in [6, 6.07) is 9.61. The molecule has 0 saturated carbocycles.